The summed E-state index contributed by atoms with van der Waals surface area (Å²) in [5, 5.41) is 8.62. The normalized spacial score (nSPS) is 18.4. The maximum Gasteiger partial charge on any atom is 0.187 e. The van der Waals surface area contributed by atoms with Crippen molar-refractivity contribution < 1.29 is 0 Å². The summed E-state index contributed by atoms with van der Waals surface area (Å²) in [6, 6.07) is 2.08. The third-order valence-corrected chi connectivity index (χ3v) is 4.80. The van der Waals surface area contributed by atoms with Crippen molar-refractivity contribution in [2.45, 2.75) is 23.9 Å². The lowest BCUT2D eigenvalue weighted by Crippen LogP contribution is -2.28. The fourth-order valence-corrected chi connectivity index (χ4v) is 3.30. The molecule has 1 N–H and O–H groups in total. The van der Waals surface area contributed by atoms with Crippen LogP contribution in [0.4, 0.5) is 0 Å². The third-order valence-electron chi connectivity index (χ3n) is 4.23. The van der Waals surface area contributed by atoms with Gasteiger partial charge in [0.1, 0.15) is 0 Å². The topological polar surface area (TPSA) is 68.0 Å². The summed E-state index contributed by atoms with van der Waals surface area (Å²) in [6.07, 6.45) is 11.9. The molecule has 0 amide bonds. The Morgan fingerprint density at radius 2 is 2.13 bits per heavy atom. The lowest BCUT2D eigenvalue weighted by atomic mass is 9.96. The molecule has 6 nitrogen and oxygen atoms in total. The molecule has 1 saturated heterocycles. The lowest BCUT2D eigenvalue weighted by Gasteiger charge is -2.22. The van der Waals surface area contributed by atoms with E-state index in [2.05, 4.69) is 26.4 Å². The molecule has 1 atom stereocenters. The van der Waals surface area contributed by atoms with Crippen molar-refractivity contribution in [3.63, 3.8) is 0 Å². The van der Waals surface area contributed by atoms with Crippen LogP contribution in [-0.2, 0) is 0 Å². The van der Waals surface area contributed by atoms with Crippen LogP contribution in [0.1, 0.15) is 24.5 Å². The Labute approximate surface area is 138 Å². The van der Waals surface area contributed by atoms with Crippen LogP contribution in [0.25, 0.3) is 16.8 Å². The van der Waals surface area contributed by atoms with Crippen molar-refractivity contribution in [3.8, 4) is 11.1 Å². The van der Waals surface area contributed by atoms with Gasteiger partial charge in [0.15, 0.2) is 10.8 Å². The first-order valence-corrected chi connectivity index (χ1v) is 8.99. The zero-order valence-corrected chi connectivity index (χ0v) is 13.8. The molecule has 3 aromatic heterocycles. The van der Waals surface area contributed by atoms with E-state index < -0.39 is 0 Å². The first-order chi connectivity index (χ1) is 11.3. The van der Waals surface area contributed by atoms with Crippen molar-refractivity contribution in [3.05, 3.63) is 36.5 Å². The smallest absolute Gasteiger partial charge is 0.187 e. The molecular weight excluding hydrogens is 308 g/mol. The number of hydrogen-bond donors (Lipinski definition) is 1. The van der Waals surface area contributed by atoms with E-state index >= 15 is 0 Å². The predicted molar refractivity (Wildman–Crippen MR) is 90.6 cm³/mol. The fourth-order valence-electron chi connectivity index (χ4n) is 2.98. The Bertz CT molecular complexity index is 807. The van der Waals surface area contributed by atoms with Crippen molar-refractivity contribution in [1.82, 2.24) is 29.9 Å². The highest BCUT2D eigenvalue weighted by atomic mass is 32.2. The predicted octanol–water partition coefficient (Wildman–Crippen LogP) is 2.38. The number of nitrogens with one attached hydrogen (secondary N) is 1. The van der Waals surface area contributed by atoms with Crippen molar-refractivity contribution in [1.29, 1.82) is 0 Å². The summed E-state index contributed by atoms with van der Waals surface area (Å²) >= 11 is 1.53. The van der Waals surface area contributed by atoms with E-state index in [-0.39, 0.29) is 0 Å². The number of fused-ring (bicyclic) bond motifs is 1. The number of nitrogens with zero attached hydrogens (tertiary/aromatic N) is 5. The molecule has 1 fully saturated rings. The number of piperidine rings is 1. The van der Waals surface area contributed by atoms with Crippen LogP contribution in [0.15, 0.2) is 36.0 Å². The van der Waals surface area contributed by atoms with E-state index in [1.54, 1.807) is 0 Å². The lowest BCUT2D eigenvalue weighted by molar-refractivity contribution is 0.454. The van der Waals surface area contributed by atoms with E-state index in [4.69, 9.17) is 4.98 Å². The summed E-state index contributed by atoms with van der Waals surface area (Å²) in [5.41, 5.74) is 3.93. The van der Waals surface area contributed by atoms with Gasteiger partial charge in [0, 0.05) is 47.9 Å². The summed E-state index contributed by atoms with van der Waals surface area (Å²) in [7, 11) is 0. The minimum absolute atomic E-state index is 0.478. The molecule has 23 heavy (non-hydrogen) atoms. The Morgan fingerprint density at radius 3 is 2.87 bits per heavy atom. The summed E-state index contributed by atoms with van der Waals surface area (Å²) in [6.45, 7) is 2.11. The fraction of sp³-hybridized carbons (Fsp3) is 0.375. The number of thioether (sulfide) groups is 1. The molecular formula is C16H18N6S. The van der Waals surface area contributed by atoms with Gasteiger partial charge in [-0.3, -0.25) is 0 Å². The van der Waals surface area contributed by atoms with E-state index in [9.17, 15) is 0 Å². The van der Waals surface area contributed by atoms with Crippen LogP contribution in [0.5, 0.6) is 0 Å². The highest BCUT2D eigenvalue weighted by molar-refractivity contribution is 7.98. The Morgan fingerprint density at radius 1 is 1.26 bits per heavy atom. The van der Waals surface area contributed by atoms with Gasteiger partial charge in [-0.25, -0.2) is 19.5 Å². The molecule has 0 radical (unpaired) electrons. The van der Waals surface area contributed by atoms with Gasteiger partial charge < -0.3 is 5.32 Å². The molecule has 1 unspecified atom stereocenters. The van der Waals surface area contributed by atoms with E-state index in [0.717, 1.165) is 40.7 Å². The van der Waals surface area contributed by atoms with Crippen LogP contribution >= 0.6 is 11.8 Å². The molecule has 0 spiro atoms. The van der Waals surface area contributed by atoms with Gasteiger partial charge in [-0.2, -0.15) is 5.10 Å². The zero-order valence-electron chi connectivity index (χ0n) is 12.9. The second-order valence-corrected chi connectivity index (χ2v) is 6.45. The highest BCUT2D eigenvalue weighted by Gasteiger charge is 2.18. The van der Waals surface area contributed by atoms with Crippen LogP contribution in [0.3, 0.4) is 0 Å². The van der Waals surface area contributed by atoms with E-state index in [1.165, 1.54) is 24.6 Å². The zero-order chi connectivity index (χ0) is 15.6. The quantitative estimate of drug-likeness (QED) is 0.589. The van der Waals surface area contributed by atoms with Gasteiger partial charge in [-0.15, -0.1) is 0 Å². The summed E-state index contributed by atoms with van der Waals surface area (Å²) in [5.74, 6) is 0.478. The molecule has 1 aliphatic heterocycles. The van der Waals surface area contributed by atoms with Gasteiger partial charge in [0.05, 0.1) is 6.20 Å². The molecule has 1 aliphatic rings. The summed E-state index contributed by atoms with van der Waals surface area (Å²) < 4.78 is 1.82. The number of rotatable bonds is 3. The highest BCUT2D eigenvalue weighted by Crippen LogP contribution is 2.26. The van der Waals surface area contributed by atoms with Gasteiger partial charge in [0.25, 0.3) is 0 Å². The monoisotopic (exact) mass is 326 g/mol. The molecule has 0 aliphatic carbocycles. The number of hydrogen-bond acceptors (Lipinski definition) is 6. The Balaban J connectivity index is 1.74. The maximum atomic E-state index is 4.88. The molecule has 7 heteroatoms. The Kier molecular flexibility index (Phi) is 3.97. The second-order valence-electron chi connectivity index (χ2n) is 5.68. The third kappa shape index (κ3) is 2.82. The van der Waals surface area contributed by atoms with Crippen molar-refractivity contribution >= 4 is 17.4 Å². The molecule has 4 rings (SSSR count). The average Bonchev–Trinajstić information content (AvgIpc) is 3.05. The number of aromatic nitrogens is 5. The average molecular weight is 326 g/mol. The summed E-state index contributed by atoms with van der Waals surface area (Å²) in [4.78, 5) is 13.6. The van der Waals surface area contributed by atoms with E-state index in [0.29, 0.717) is 5.92 Å². The SMILES string of the molecule is CSc1ncc(-c2cnn3ccc(C4CCCNC4)nc23)cn1. The van der Waals surface area contributed by atoms with Crippen LogP contribution in [0.2, 0.25) is 0 Å². The first kappa shape index (κ1) is 14.6. The van der Waals surface area contributed by atoms with Crippen LogP contribution in [-0.4, -0.2) is 43.9 Å². The minimum atomic E-state index is 0.478. The largest absolute Gasteiger partial charge is 0.316 e. The molecule has 0 aromatic carbocycles. The Hall–Kier alpha value is -1.99. The van der Waals surface area contributed by atoms with Gasteiger partial charge in [-0.05, 0) is 31.7 Å². The second kappa shape index (κ2) is 6.25. The van der Waals surface area contributed by atoms with Crippen molar-refractivity contribution in [2.75, 3.05) is 19.3 Å². The van der Waals surface area contributed by atoms with Crippen LogP contribution < -0.4 is 5.32 Å². The maximum absolute atomic E-state index is 4.88. The van der Waals surface area contributed by atoms with Crippen molar-refractivity contribution in [2.24, 2.45) is 0 Å². The first-order valence-electron chi connectivity index (χ1n) is 7.76. The van der Waals surface area contributed by atoms with E-state index in [1.807, 2.05) is 35.6 Å². The minimum Gasteiger partial charge on any atom is -0.316 e. The van der Waals surface area contributed by atoms with Gasteiger partial charge in [-0.1, -0.05) is 11.8 Å². The standard InChI is InChI=1S/C16H18N6S/c1-23-16-18-8-12(9-19-16)13-10-20-22-6-4-14(21-15(13)22)11-3-2-5-17-7-11/h4,6,8-11,17H,2-3,5,7H2,1H3. The van der Waals surface area contributed by atoms with Gasteiger partial charge in [0.2, 0.25) is 0 Å². The van der Waals surface area contributed by atoms with Gasteiger partial charge >= 0.3 is 0 Å². The molecule has 3 aromatic rings. The molecule has 118 valence electrons. The molecule has 4 heterocycles. The van der Waals surface area contributed by atoms with Crippen LogP contribution in [0, 0.1) is 0 Å². The molecule has 0 bridgehead atoms. The molecule has 0 saturated carbocycles.